The molecule has 0 unspecified atom stereocenters. The molecule has 120 valence electrons. The summed E-state index contributed by atoms with van der Waals surface area (Å²) in [6, 6.07) is 0. The molecule has 0 radical (unpaired) electrons. The van der Waals surface area contributed by atoms with Crippen LogP contribution in [0.4, 0.5) is 0 Å². The molecule has 5 heteroatoms. The largest absolute Gasteiger partial charge is 0.464 e. The van der Waals surface area contributed by atoms with Crippen LogP contribution in [-0.2, 0) is 11.3 Å². The van der Waals surface area contributed by atoms with Gasteiger partial charge in [-0.1, -0.05) is 69.9 Å². The van der Waals surface area contributed by atoms with Gasteiger partial charge in [-0.2, -0.15) is 0 Å². The van der Waals surface area contributed by atoms with E-state index in [9.17, 15) is 4.79 Å². The molecular weight excluding hydrogens is 266 g/mol. The molecule has 0 atom stereocenters. The minimum absolute atomic E-state index is 0.282. The zero-order valence-corrected chi connectivity index (χ0v) is 13.5. The van der Waals surface area contributed by atoms with Gasteiger partial charge in [-0.15, -0.1) is 5.10 Å². The third kappa shape index (κ3) is 7.83. The summed E-state index contributed by atoms with van der Waals surface area (Å²) in [5.74, 6) is -0.427. The number of nitrogens with zero attached hydrogens (tertiary/aromatic N) is 3. The number of unbranched alkanes of at least 4 members (excludes halogenated alkanes) is 9. The summed E-state index contributed by atoms with van der Waals surface area (Å²) < 4.78 is 6.32. The molecular formula is C16H29N3O2. The Labute approximate surface area is 128 Å². The SMILES string of the molecule is CCCCCCCCCCCCn1cc(C(=O)OC)nn1. The third-order valence-corrected chi connectivity index (χ3v) is 3.67. The molecule has 0 bridgehead atoms. The van der Waals surface area contributed by atoms with E-state index in [0.29, 0.717) is 0 Å². The molecule has 0 aliphatic carbocycles. The molecule has 1 heterocycles. The number of rotatable bonds is 12. The van der Waals surface area contributed by atoms with Crippen LogP contribution in [0.15, 0.2) is 6.20 Å². The first-order valence-electron chi connectivity index (χ1n) is 8.26. The van der Waals surface area contributed by atoms with E-state index in [1.807, 2.05) is 0 Å². The fraction of sp³-hybridized carbons (Fsp3) is 0.812. The average molecular weight is 295 g/mol. The lowest BCUT2D eigenvalue weighted by atomic mass is 10.1. The molecule has 0 N–H and O–H groups in total. The lowest BCUT2D eigenvalue weighted by molar-refractivity contribution is 0.0594. The number of hydrogen-bond acceptors (Lipinski definition) is 4. The maximum Gasteiger partial charge on any atom is 0.360 e. The smallest absolute Gasteiger partial charge is 0.360 e. The van der Waals surface area contributed by atoms with E-state index >= 15 is 0 Å². The normalized spacial score (nSPS) is 10.8. The Balaban J connectivity index is 1.97. The van der Waals surface area contributed by atoms with Gasteiger partial charge in [0.2, 0.25) is 0 Å². The second-order valence-electron chi connectivity index (χ2n) is 5.54. The number of carbonyl (C=O) groups is 1. The van der Waals surface area contributed by atoms with Crippen molar-refractivity contribution in [2.45, 2.75) is 77.7 Å². The molecule has 0 aromatic carbocycles. The van der Waals surface area contributed by atoms with Crippen LogP contribution in [0.3, 0.4) is 0 Å². The molecule has 0 aliphatic heterocycles. The maximum absolute atomic E-state index is 11.2. The Morgan fingerprint density at radius 3 is 2.19 bits per heavy atom. The Morgan fingerprint density at radius 1 is 1.05 bits per heavy atom. The predicted molar refractivity (Wildman–Crippen MR) is 83.2 cm³/mol. The van der Waals surface area contributed by atoms with Crippen molar-refractivity contribution in [3.63, 3.8) is 0 Å². The fourth-order valence-electron chi connectivity index (χ4n) is 2.37. The molecule has 1 aromatic heterocycles. The second-order valence-corrected chi connectivity index (χ2v) is 5.54. The van der Waals surface area contributed by atoms with Gasteiger partial charge in [-0.25, -0.2) is 4.79 Å². The molecule has 0 saturated heterocycles. The van der Waals surface area contributed by atoms with Crippen LogP contribution >= 0.6 is 0 Å². The van der Waals surface area contributed by atoms with Gasteiger partial charge in [-0.05, 0) is 6.42 Å². The summed E-state index contributed by atoms with van der Waals surface area (Å²) in [5, 5.41) is 7.72. The average Bonchev–Trinajstić information content (AvgIpc) is 2.97. The van der Waals surface area contributed by atoms with Crippen molar-refractivity contribution in [2.75, 3.05) is 7.11 Å². The quantitative estimate of drug-likeness (QED) is 0.432. The standard InChI is InChI=1S/C16H29N3O2/c1-3-4-5-6-7-8-9-10-11-12-13-19-14-15(17-18-19)16(20)21-2/h14H,3-13H2,1-2H3. The number of hydrogen-bond donors (Lipinski definition) is 0. The summed E-state index contributed by atoms with van der Waals surface area (Å²) in [5.41, 5.74) is 0.282. The lowest BCUT2D eigenvalue weighted by Gasteiger charge is -2.02. The predicted octanol–water partition coefficient (Wildman–Crippen LogP) is 3.99. The molecule has 0 aliphatic rings. The molecule has 1 rings (SSSR count). The minimum Gasteiger partial charge on any atom is -0.464 e. The summed E-state index contributed by atoms with van der Waals surface area (Å²) in [4.78, 5) is 11.2. The summed E-state index contributed by atoms with van der Waals surface area (Å²) in [6.07, 6.45) is 14.8. The highest BCUT2D eigenvalue weighted by Crippen LogP contribution is 2.10. The van der Waals surface area contributed by atoms with Crippen molar-refractivity contribution in [2.24, 2.45) is 0 Å². The number of aryl methyl sites for hydroxylation is 1. The van der Waals surface area contributed by atoms with Crippen LogP contribution in [0.2, 0.25) is 0 Å². The van der Waals surface area contributed by atoms with E-state index in [2.05, 4.69) is 22.0 Å². The van der Waals surface area contributed by atoms with E-state index in [1.54, 1.807) is 10.9 Å². The number of carbonyl (C=O) groups excluding carboxylic acids is 1. The number of ether oxygens (including phenoxy) is 1. The summed E-state index contributed by atoms with van der Waals surface area (Å²) >= 11 is 0. The zero-order chi connectivity index (χ0) is 15.3. The van der Waals surface area contributed by atoms with Gasteiger partial charge in [0, 0.05) is 6.54 Å². The Hall–Kier alpha value is -1.39. The van der Waals surface area contributed by atoms with Crippen molar-refractivity contribution < 1.29 is 9.53 Å². The van der Waals surface area contributed by atoms with Crippen molar-refractivity contribution >= 4 is 5.97 Å². The first-order chi connectivity index (χ1) is 10.3. The first kappa shape index (κ1) is 17.7. The van der Waals surface area contributed by atoms with Crippen LogP contribution in [0, 0.1) is 0 Å². The first-order valence-corrected chi connectivity index (χ1v) is 8.26. The van der Waals surface area contributed by atoms with Crippen molar-refractivity contribution in [3.8, 4) is 0 Å². The van der Waals surface area contributed by atoms with Gasteiger partial charge in [0.25, 0.3) is 0 Å². The van der Waals surface area contributed by atoms with E-state index in [4.69, 9.17) is 0 Å². The fourth-order valence-corrected chi connectivity index (χ4v) is 2.37. The highest BCUT2D eigenvalue weighted by Gasteiger charge is 2.09. The molecule has 1 aromatic rings. The van der Waals surface area contributed by atoms with Crippen LogP contribution in [0.25, 0.3) is 0 Å². The minimum atomic E-state index is -0.427. The number of aromatic nitrogens is 3. The Kier molecular flexibility index (Phi) is 9.49. The van der Waals surface area contributed by atoms with Crippen LogP contribution < -0.4 is 0 Å². The van der Waals surface area contributed by atoms with Crippen LogP contribution in [0.5, 0.6) is 0 Å². The van der Waals surface area contributed by atoms with E-state index in [-0.39, 0.29) is 5.69 Å². The zero-order valence-electron chi connectivity index (χ0n) is 13.5. The maximum atomic E-state index is 11.2. The van der Waals surface area contributed by atoms with Crippen LogP contribution in [0.1, 0.15) is 81.6 Å². The Morgan fingerprint density at radius 2 is 1.62 bits per heavy atom. The van der Waals surface area contributed by atoms with Gasteiger partial charge in [0.1, 0.15) is 0 Å². The van der Waals surface area contributed by atoms with E-state index < -0.39 is 5.97 Å². The van der Waals surface area contributed by atoms with Gasteiger partial charge in [0.05, 0.1) is 13.3 Å². The highest BCUT2D eigenvalue weighted by atomic mass is 16.5. The topological polar surface area (TPSA) is 57.0 Å². The van der Waals surface area contributed by atoms with E-state index in [0.717, 1.165) is 13.0 Å². The molecule has 0 fully saturated rings. The van der Waals surface area contributed by atoms with E-state index in [1.165, 1.54) is 64.9 Å². The number of methoxy groups -OCH3 is 1. The lowest BCUT2D eigenvalue weighted by Crippen LogP contribution is -2.01. The molecule has 0 saturated carbocycles. The van der Waals surface area contributed by atoms with Gasteiger partial charge in [-0.3, -0.25) is 4.68 Å². The summed E-state index contributed by atoms with van der Waals surface area (Å²) in [7, 11) is 1.35. The molecule has 21 heavy (non-hydrogen) atoms. The monoisotopic (exact) mass is 295 g/mol. The molecule has 5 nitrogen and oxygen atoms in total. The van der Waals surface area contributed by atoms with Gasteiger partial charge >= 0.3 is 5.97 Å². The van der Waals surface area contributed by atoms with Gasteiger partial charge < -0.3 is 4.74 Å². The van der Waals surface area contributed by atoms with Crippen molar-refractivity contribution in [1.29, 1.82) is 0 Å². The van der Waals surface area contributed by atoms with Crippen LogP contribution in [-0.4, -0.2) is 28.1 Å². The summed E-state index contributed by atoms with van der Waals surface area (Å²) in [6.45, 7) is 3.07. The molecule has 0 spiro atoms. The third-order valence-electron chi connectivity index (χ3n) is 3.67. The number of esters is 1. The highest BCUT2D eigenvalue weighted by molar-refractivity contribution is 5.86. The second kappa shape index (κ2) is 11.3. The molecule has 0 amide bonds. The Bertz CT molecular complexity index is 391. The van der Waals surface area contributed by atoms with Crippen molar-refractivity contribution in [1.82, 2.24) is 15.0 Å². The van der Waals surface area contributed by atoms with Gasteiger partial charge in [0.15, 0.2) is 5.69 Å². The van der Waals surface area contributed by atoms with Crippen molar-refractivity contribution in [3.05, 3.63) is 11.9 Å².